The smallest absolute Gasteiger partial charge is 0.317 e. The number of hydrogen-bond donors (Lipinski definition) is 2. The van der Waals surface area contributed by atoms with Crippen molar-refractivity contribution >= 4 is 52.4 Å². The molecule has 1 fully saturated rings. The van der Waals surface area contributed by atoms with Gasteiger partial charge in [0.15, 0.2) is 5.01 Å². The van der Waals surface area contributed by atoms with E-state index in [4.69, 9.17) is 17.3 Å². The molecule has 1 aliphatic carbocycles. The standard InChI is InChI=1S/C25H32ClN7O4S/c1-13-15(26)6-8-20(28-13)33(25(37)21(27)34)18-7-5-14(24(36)31(2)3)11-17(18)29-22(35)23-30-16-9-10-32(4)12-19(16)38-23/h6,8,14,17-18H,5,7,9-12H2,1-4H3,(H2,27,34)(H,29,35)/t14-,17+,18-/m0/s1. The van der Waals surface area contributed by atoms with E-state index in [1.165, 1.54) is 27.2 Å². The van der Waals surface area contributed by atoms with Crippen LogP contribution in [0.15, 0.2) is 12.1 Å². The summed E-state index contributed by atoms with van der Waals surface area (Å²) >= 11 is 7.50. The second-order valence-corrected chi connectivity index (χ2v) is 11.5. The van der Waals surface area contributed by atoms with Crippen molar-refractivity contribution in [1.29, 1.82) is 0 Å². The Kier molecular flexibility index (Phi) is 8.34. The summed E-state index contributed by atoms with van der Waals surface area (Å²) in [5, 5.41) is 3.76. The SMILES string of the molecule is Cc1nc(N(C(=O)C(N)=O)[C@H]2CC[C@H](C(=O)N(C)C)C[C@H]2NC(=O)c2nc3c(s2)CN(C)CC3)ccc1Cl. The van der Waals surface area contributed by atoms with Gasteiger partial charge in [-0.3, -0.25) is 24.1 Å². The first-order valence-electron chi connectivity index (χ1n) is 12.4. The van der Waals surface area contributed by atoms with Crippen LogP contribution in [-0.2, 0) is 27.3 Å². The van der Waals surface area contributed by atoms with Gasteiger partial charge in [-0.25, -0.2) is 9.97 Å². The summed E-state index contributed by atoms with van der Waals surface area (Å²) in [4.78, 5) is 66.4. The Balaban J connectivity index is 1.68. The number of nitrogens with one attached hydrogen (secondary N) is 1. The van der Waals surface area contributed by atoms with Crippen LogP contribution in [0.25, 0.3) is 0 Å². The van der Waals surface area contributed by atoms with Crippen molar-refractivity contribution in [1.82, 2.24) is 25.1 Å². The van der Waals surface area contributed by atoms with Crippen LogP contribution in [0.4, 0.5) is 5.82 Å². The Bertz CT molecular complexity index is 1270. The number of fused-ring (bicyclic) bond motifs is 1. The molecule has 1 aliphatic heterocycles. The first kappa shape index (κ1) is 27.9. The molecular weight excluding hydrogens is 530 g/mol. The number of hydrogen-bond acceptors (Lipinski definition) is 8. The van der Waals surface area contributed by atoms with Crippen LogP contribution < -0.4 is 16.0 Å². The Labute approximate surface area is 230 Å². The number of amides is 4. The minimum Gasteiger partial charge on any atom is -0.361 e. The lowest BCUT2D eigenvalue weighted by molar-refractivity contribution is -0.136. The molecule has 4 amide bonds. The molecule has 3 atom stereocenters. The summed E-state index contributed by atoms with van der Waals surface area (Å²) < 4.78 is 0. The number of primary amides is 1. The number of aromatic nitrogens is 2. The van der Waals surface area contributed by atoms with Crippen LogP contribution in [0.1, 0.15) is 45.3 Å². The van der Waals surface area contributed by atoms with Crippen LogP contribution in [0.5, 0.6) is 0 Å². The third-order valence-corrected chi connectivity index (χ3v) is 8.53. The average molecular weight is 562 g/mol. The van der Waals surface area contributed by atoms with Gasteiger partial charge < -0.3 is 20.9 Å². The fourth-order valence-electron chi connectivity index (χ4n) is 5.07. The molecule has 2 aromatic heterocycles. The Morgan fingerprint density at radius 2 is 1.92 bits per heavy atom. The number of pyridine rings is 1. The second kappa shape index (κ2) is 11.3. The maximum Gasteiger partial charge on any atom is 0.317 e. The van der Waals surface area contributed by atoms with E-state index >= 15 is 0 Å². The van der Waals surface area contributed by atoms with Gasteiger partial charge in [0.2, 0.25) is 5.91 Å². The molecule has 0 radical (unpaired) electrons. The van der Waals surface area contributed by atoms with E-state index in [1.54, 1.807) is 27.1 Å². The average Bonchev–Trinajstić information content (AvgIpc) is 3.29. The van der Waals surface area contributed by atoms with E-state index < -0.39 is 23.9 Å². The van der Waals surface area contributed by atoms with Crippen molar-refractivity contribution in [2.75, 3.05) is 32.6 Å². The molecule has 13 heteroatoms. The summed E-state index contributed by atoms with van der Waals surface area (Å²) in [6.07, 6.45) is 1.84. The molecule has 2 aromatic rings. The monoisotopic (exact) mass is 561 g/mol. The molecule has 0 bridgehead atoms. The van der Waals surface area contributed by atoms with Crippen molar-refractivity contribution in [3.63, 3.8) is 0 Å². The van der Waals surface area contributed by atoms with Crippen LogP contribution in [-0.4, -0.2) is 83.2 Å². The number of halogens is 1. The number of rotatable bonds is 5. The maximum absolute atomic E-state index is 13.4. The summed E-state index contributed by atoms with van der Waals surface area (Å²) in [5.74, 6) is -2.71. The van der Waals surface area contributed by atoms with Gasteiger partial charge >= 0.3 is 11.8 Å². The molecule has 3 N–H and O–H groups in total. The van der Waals surface area contributed by atoms with Crippen molar-refractivity contribution in [3.8, 4) is 0 Å². The second-order valence-electron chi connectivity index (χ2n) is 10.0. The summed E-state index contributed by atoms with van der Waals surface area (Å²) in [7, 11) is 5.39. The van der Waals surface area contributed by atoms with Gasteiger partial charge in [0.1, 0.15) is 5.82 Å². The molecule has 38 heavy (non-hydrogen) atoms. The molecule has 3 heterocycles. The number of nitrogens with zero attached hydrogens (tertiary/aromatic N) is 5. The summed E-state index contributed by atoms with van der Waals surface area (Å²) in [6, 6.07) is 1.80. The van der Waals surface area contributed by atoms with Gasteiger partial charge in [-0.1, -0.05) is 11.6 Å². The zero-order valence-corrected chi connectivity index (χ0v) is 23.4. The van der Waals surface area contributed by atoms with Gasteiger partial charge in [0.25, 0.3) is 5.91 Å². The van der Waals surface area contributed by atoms with Gasteiger partial charge in [-0.15, -0.1) is 11.3 Å². The zero-order valence-electron chi connectivity index (χ0n) is 21.9. The highest BCUT2D eigenvalue weighted by Gasteiger charge is 2.42. The number of carbonyl (C=O) groups is 4. The van der Waals surface area contributed by atoms with Gasteiger partial charge in [0.05, 0.1) is 28.5 Å². The van der Waals surface area contributed by atoms with Crippen LogP contribution in [0.3, 0.4) is 0 Å². The number of nitrogens with two attached hydrogens (primary N) is 1. The highest BCUT2D eigenvalue weighted by molar-refractivity contribution is 7.13. The third kappa shape index (κ3) is 5.82. The highest BCUT2D eigenvalue weighted by atomic mass is 35.5. The van der Waals surface area contributed by atoms with E-state index in [-0.39, 0.29) is 30.0 Å². The molecule has 1 saturated carbocycles. The molecule has 0 unspecified atom stereocenters. The third-order valence-electron chi connectivity index (χ3n) is 7.05. The molecule has 4 rings (SSSR count). The lowest BCUT2D eigenvalue weighted by atomic mass is 9.80. The topological polar surface area (TPSA) is 142 Å². The van der Waals surface area contributed by atoms with Gasteiger partial charge in [-0.05, 0) is 45.4 Å². The van der Waals surface area contributed by atoms with Gasteiger partial charge in [0, 0.05) is 44.4 Å². The van der Waals surface area contributed by atoms with Crippen molar-refractivity contribution in [2.24, 2.45) is 11.7 Å². The molecule has 0 spiro atoms. The molecule has 204 valence electrons. The summed E-state index contributed by atoms with van der Waals surface area (Å²) in [5.41, 5.74) is 6.82. The number of aryl methyl sites for hydroxylation is 1. The van der Waals surface area contributed by atoms with Crippen molar-refractivity contribution < 1.29 is 19.2 Å². The van der Waals surface area contributed by atoms with Crippen LogP contribution in [0, 0.1) is 12.8 Å². The normalized spacial score (nSPS) is 21.3. The lowest BCUT2D eigenvalue weighted by Crippen LogP contribution is -2.59. The molecule has 2 aliphatic rings. The zero-order chi connectivity index (χ0) is 27.7. The van der Waals surface area contributed by atoms with E-state index in [2.05, 4.69) is 20.2 Å². The predicted molar refractivity (Wildman–Crippen MR) is 144 cm³/mol. The number of anilines is 1. The predicted octanol–water partition coefficient (Wildman–Crippen LogP) is 1.36. The molecule has 0 saturated heterocycles. The minimum atomic E-state index is -1.15. The summed E-state index contributed by atoms with van der Waals surface area (Å²) in [6.45, 7) is 3.29. The fourth-order valence-corrected chi connectivity index (χ4v) is 6.26. The van der Waals surface area contributed by atoms with Crippen LogP contribution in [0.2, 0.25) is 5.02 Å². The Morgan fingerprint density at radius 3 is 2.58 bits per heavy atom. The van der Waals surface area contributed by atoms with Crippen LogP contribution >= 0.6 is 22.9 Å². The lowest BCUT2D eigenvalue weighted by Gasteiger charge is -2.41. The highest BCUT2D eigenvalue weighted by Crippen LogP contribution is 2.33. The Hall–Kier alpha value is -3.09. The number of thiazole rings is 1. The largest absolute Gasteiger partial charge is 0.361 e. The molecule has 11 nitrogen and oxygen atoms in total. The van der Waals surface area contributed by atoms with Crippen molar-refractivity contribution in [3.05, 3.63) is 38.4 Å². The minimum absolute atomic E-state index is 0.0660. The quantitative estimate of drug-likeness (QED) is 0.525. The van der Waals surface area contributed by atoms with Crippen molar-refractivity contribution in [2.45, 2.75) is 51.2 Å². The Morgan fingerprint density at radius 1 is 1.18 bits per heavy atom. The fraction of sp³-hybridized carbons (Fsp3) is 0.520. The van der Waals surface area contributed by atoms with E-state index in [0.29, 0.717) is 28.6 Å². The first-order valence-corrected chi connectivity index (χ1v) is 13.6. The first-order chi connectivity index (χ1) is 18.0. The maximum atomic E-state index is 13.4. The number of carbonyl (C=O) groups excluding carboxylic acids is 4. The van der Waals surface area contributed by atoms with Gasteiger partial charge in [-0.2, -0.15) is 0 Å². The molecular formula is C25H32ClN7O4S. The molecule has 0 aromatic carbocycles. The number of likely N-dealkylation sites (N-methyl/N-ethyl adjacent to an activating group) is 1. The van der Waals surface area contributed by atoms with E-state index in [0.717, 1.165) is 30.1 Å². The van der Waals surface area contributed by atoms with E-state index in [1.807, 2.05) is 7.05 Å². The van der Waals surface area contributed by atoms with E-state index in [9.17, 15) is 19.2 Å².